The Bertz CT molecular complexity index is 729. The quantitative estimate of drug-likeness (QED) is 0.443. The summed E-state index contributed by atoms with van der Waals surface area (Å²) in [5, 5.41) is 2.13. The summed E-state index contributed by atoms with van der Waals surface area (Å²) in [7, 11) is 0. The Morgan fingerprint density at radius 1 is 0.952 bits per heavy atom. The summed E-state index contributed by atoms with van der Waals surface area (Å²) in [5.74, 6) is 0. The average molecular weight is 377 g/mol. The summed E-state index contributed by atoms with van der Waals surface area (Å²) < 4.78 is 1.18. The second-order valence-electron chi connectivity index (χ2n) is 6.09. The SMILES string of the molecule is CC(C)(C)c1ccc(-c2sc(-c3cccs3)cc2Br)cc1. The lowest BCUT2D eigenvalue weighted by atomic mass is 9.86. The highest BCUT2D eigenvalue weighted by atomic mass is 79.9. The Balaban J connectivity index is 1.97. The molecule has 0 nitrogen and oxygen atoms in total. The molecule has 21 heavy (non-hydrogen) atoms. The van der Waals surface area contributed by atoms with Gasteiger partial charge in [-0.25, -0.2) is 0 Å². The number of hydrogen-bond acceptors (Lipinski definition) is 2. The van der Waals surface area contributed by atoms with Gasteiger partial charge >= 0.3 is 0 Å². The van der Waals surface area contributed by atoms with Crippen LogP contribution < -0.4 is 0 Å². The fourth-order valence-corrected chi connectivity index (χ4v) is 4.96. The number of benzene rings is 1. The molecule has 0 aliphatic carbocycles. The predicted octanol–water partition coefficient (Wildman–Crippen LogP) is 7.20. The summed E-state index contributed by atoms with van der Waals surface area (Å²) in [4.78, 5) is 3.96. The normalized spacial score (nSPS) is 11.8. The van der Waals surface area contributed by atoms with Crippen LogP contribution in [0.5, 0.6) is 0 Å². The largest absolute Gasteiger partial charge is 0.143 e. The third-order valence-electron chi connectivity index (χ3n) is 3.46. The van der Waals surface area contributed by atoms with Crippen LogP contribution in [0.3, 0.4) is 0 Å². The molecule has 3 aromatic rings. The lowest BCUT2D eigenvalue weighted by Crippen LogP contribution is -2.10. The van der Waals surface area contributed by atoms with Crippen LogP contribution in [0.15, 0.2) is 52.3 Å². The van der Waals surface area contributed by atoms with Crippen LogP contribution in [0.25, 0.3) is 20.2 Å². The van der Waals surface area contributed by atoms with Crippen molar-refractivity contribution in [1.29, 1.82) is 0 Å². The minimum Gasteiger partial charge on any atom is -0.143 e. The molecule has 0 amide bonds. The highest BCUT2D eigenvalue weighted by Crippen LogP contribution is 2.42. The third-order valence-corrected chi connectivity index (χ3v) is 6.60. The second-order valence-corrected chi connectivity index (χ2v) is 8.95. The molecule has 3 heteroatoms. The van der Waals surface area contributed by atoms with Crippen LogP contribution >= 0.6 is 38.6 Å². The van der Waals surface area contributed by atoms with Gasteiger partial charge in [-0.15, -0.1) is 22.7 Å². The van der Waals surface area contributed by atoms with Crippen molar-refractivity contribution in [1.82, 2.24) is 0 Å². The molecule has 0 unspecified atom stereocenters. The Morgan fingerprint density at radius 3 is 2.24 bits per heavy atom. The zero-order chi connectivity index (χ0) is 15.0. The number of thiophene rings is 2. The number of hydrogen-bond donors (Lipinski definition) is 0. The zero-order valence-electron chi connectivity index (χ0n) is 12.3. The smallest absolute Gasteiger partial charge is 0.0491 e. The van der Waals surface area contributed by atoms with Crippen molar-refractivity contribution in [2.24, 2.45) is 0 Å². The van der Waals surface area contributed by atoms with E-state index in [0.717, 1.165) is 0 Å². The minimum atomic E-state index is 0.202. The number of rotatable bonds is 2. The standard InChI is InChI=1S/C18H17BrS2/c1-18(2,3)13-8-6-12(7-9-13)17-14(19)11-16(21-17)15-5-4-10-20-15/h4-11H,1-3H3. The van der Waals surface area contributed by atoms with Gasteiger partial charge in [0.05, 0.1) is 0 Å². The molecule has 0 atom stereocenters. The van der Waals surface area contributed by atoms with Gasteiger partial charge in [0.15, 0.2) is 0 Å². The molecule has 108 valence electrons. The van der Waals surface area contributed by atoms with Gasteiger partial charge < -0.3 is 0 Å². The third kappa shape index (κ3) is 3.15. The molecule has 0 saturated heterocycles. The van der Waals surface area contributed by atoms with Gasteiger partial charge in [0.1, 0.15) is 0 Å². The van der Waals surface area contributed by atoms with Crippen molar-refractivity contribution in [3.8, 4) is 20.2 Å². The van der Waals surface area contributed by atoms with Crippen molar-refractivity contribution in [2.75, 3.05) is 0 Å². The first-order valence-corrected chi connectivity index (χ1v) is 9.38. The molecule has 0 aliphatic rings. The van der Waals surface area contributed by atoms with Gasteiger partial charge in [0.25, 0.3) is 0 Å². The van der Waals surface area contributed by atoms with E-state index in [1.165, 1.54) is 30.2 Å². The maximum absolute atomic E-state index is 3.71. The first-order chi connectivity index (χ1) is 9.95. The van der Waals surface area contributed by atoms with Crippen LogP contribution in [-0.4, -0.2) is 0 Å². The maximum Gasteiger partial charge on any atom is 0.0491 e. The minimum absolute atomic E-state index is 0.202. The monoisotopic (exact) mass is 376 g/mol. The molecule has 0 bridgehead atoms. The molecule has 2 aromatic heterocycles. The molecule has 2 heterocycles. The maximum atomic E-state index is 3.71. The second kappa shape index (κ2) is 5.71. The Hall–Kier alpha value is -0.900. The van der Waals surface area contributed by atoms with Crippen LogP contribution in [-0.2, 0) is 5.41 Å². The van der Waals surface area contributed by atoms with Crippen molar-refractivity contribution >= 4 is 38.6 Å². The summed E-state index contributed by atoms with van der Waals surface area (Å²) >= 11 is 7.35. The van der Waals surface area contributed by atoms with E-state index in [4.69, 9.17) is 0 Å². The summed E-state index contributed by atoms with van der Waals surface area (Å²) in [6.07, 6.45) is 0. The molecule has 0 saturated carbocycles. The van der Waals surface area contributed by atoms with Crippen LogP contribution in [0.4, 0.5) is 0 Å². The van der Waals surface area contributed by atoms with Crippen molar-refractivity contribution in [2.45, 2.75) is 26.2 Å². The highest BCUT2D eigenvalue weighted by Gasteiger charge is 2.15. The molecular formula is C18H17BrS2. The van der Waals surface area contributed by atoms with E-state index >= 15 is 0 Å². The van der Waals surface area contributed by atoms with Gasteiger partial charge in [-0.05, 0) is 50.0 Å². The highest BCUT2D eigenvalue weighted by molar-refractivity contribution is 9.10. The summed E-state index contributed by atoms with van der Waals surface area (Å²) in [6.45, 7) is 6.74. The van der Waals surface area contributed by atoms with Gasteiger partial charge in [-0.3, -0.25) is 0 Å². The van der Waals surface area contributed by atoms with Gasteiger partial charge in [-0.1, -0.05) is 51.1 Å². The van der Waals surface area contributed by atoms with Gasteiger partial charge in [0, 0.05) is 19.1 Å². The molecule has 1 aromatic carbocycles. The Kier molecular flexibility index (Phi) is 4.08. The van der Waals surface area contributed by atoms with E-state index in [9.17, 15) is 0 Å². The van der Waals surface area contributed by atoms with Gasteiger partial charge in [-0.2, -0.15) is 0 Å². The van der Waals surface area contributed by atoms with E-state index < -0.39 is 0 Å². The van der Waals surface area contributed by atoms with E-state index in [1.54, 1.807) is 11.3 Å². The predicted molar refractivity (Wildman–Crippen MR) is 99.5 cm³/mol. The molecule has 0 N–H and O–H groups in total. The van der Waals surface area contributed by atoms with E-state index in [-0.39, 0.29) is 5.41 Å². The van der Waals surface area contributed by atoms with Crippen molar-refractivity contribution in [3.05, 3.63) is 57.9 Å². The van der Waals surface area contributed by atoms with E-state index in [1.807, 2.05) is 11.3 Å². The molecule has 0 spiro atoms. The first-order valence-electron chi connectivity index (χ1n) is 6.89. The number of halogens is 1. The average Bonchev–Trinajstić information content (AvgIpc) is 3.07. The van der Waals surface area contributed by atoms with Crippen LogP contribution in [0.1, 0.15) is 26.3 Å². The van der Waals surface area contributed by atoms with E-state index in [2.05, 4.69) is 84.5 Å². The zero-order valence-corrected chi connectivity index (χ0v) is 15.5. The van der Waals surface area contributed by atoms with Gasteiger partial charge in [0.2, 0.25) is 0 Å². The molecule has 3 rings (SSSR count). The lowest BCUT2D eigenvalue weighted by Gasteiger charge is -2.19. The topological polar surface area (TPSA) is 0 Å². The molecule has 0 fully saturated rings. The molecule has 0 aliphatic heterocycles. The molecular weight excluding hydrogens is 360 g/mol. The van der Waals surface area contributed by atoms with Crippen LogP contribution in [0, 0.1) is 0 Å². The van der Waals surface area contributed by atoms with Crippen molar-refractivity contribution < 1.29 is 0 Å². The molecule has 0 radical (unpaired) electrons. The van der Waals surface area contributed by atoms with Crippen LogP contribution in [0.2, 0.25) is 0 Å². The lowest BCUT2D eigenvalue weighted by molar-refractivity contribution is 0.590. The summed E-state index contributed by atoms with van der Waals surface area (Å²) in [6, 6.07) is 15.5. The Morgan fingerprint density at radius 2 is 1.67 bits per heavy atom. The Labute approximate surface area is 142 Å². The fourth-order valence-electron chi connectivity index (χ4n) is 2.23. The van der Waals surface area contributed by atoms with E-state index in [0.29, 0.717) is 0 Å². The fraction of sp³-hybridized carbons (Fsp3) is 0.222. The summed E-state index contributed by atoms with van der Waals surface area (Å²) in [5.41, 5.74) is 2.85. The van der Waals surface area contributed by atoms with Crippen molar-refractivity contribution in [3.63, 3.8) is 0 Å². The first kappa shape index (κ1) is 15.0.